The number of piperazine rings is 1. The third-order valence-electron chi connectivity index (χ3n) is 8.00. The molecule has 1 saturated heterocycles. The zero-order chi connectivity index (χ0) is 32.2. The lowest BCUT2D eigenvalue weighted by Gasteiger charge is -2.36. The van der Waals surface area contributed by atoms with Crippen molar-refractivity contribution in [2.75, 3.05) is 56.2 Å². The minimum atomic E-state index is -1.18. The first-order valence-corrected chi connectivity index (χ1v) is 19.7. The molecule has 1 unspecified atom stereocenters. The van der Waals surface area contributed by atoms with Gasteiger partial charge in [0.1, 0.15) is 35.9 Å². The van der Waals surface area contributed by atoms with E-state index < -0.39 is 13.7 Å². The van der Waals surface area contributed by atoms with Crippen LogP contribution in [-0.2, 0) is 20.9 Å². The maximum Gasteiger partial charge on any atom is 0.410 e. The van der Waals surface area contributed by atoms with E-state index in [0.29, 0.717) is 46.1 Å². The largest absolute Gasteiger partial charge is 0.444 e. The first-order valence-electron chi connectivity index (χ1n) is 16.0. The minimum Gasteiger partial charge on any atom is -0.444 e. The molecule has 0 spiro atoms. The van der Waals surface area contributed by atoms with E-state index in [1.54, 1.807) is 11.2 Å². The van der Waals surface area contributed by atoms with Crippen molar-refractivity contribution in [2.45, 2.75) is 78.2 Å². The van der Waals surface area contributed by atoms with E-state index >= 15 is 0 Å². The summed E-state index contributed by atoms with van der Waals surface area (Å²) in [5.74, 6) is 1.67. The van der Waals surface area contributed by atoms with E-state index in [9.17, 15) is 4.79 Å². The molecule has 1 fully saturated rings. The van der Waals surface area contributed by atoms with E-state index in [1.807, 2.05) is 39.0 Å². The number of hydrogen-bond donors (Lipinski definition) is 1. The normalized spacial score (nSPS) is 16.9. The first-order chi connectivity index (χ1) is 21.4. The zero-order valence-electron chi connectivity index (χ0n) is 27.9. The molecule has 5 rings (SSSR count). The summed E-state index contributed by atoms with van der Waals surface area (Å²) in [6.45, 7) is 19.9. The lowest BCUT2D eigenvalue weighted by atomic mass is 10.0. The van der Waals surface area contributed by atoms with Crippen LogP contribution in [0.25, 0.3) is 16.6 Å². The quantitative estimate of drug-likeness (QED) is 0.207. The molecule has 11 nitrogen and oxygen atoms in total. The van der Waals surface area contributed by atoms with Gasteiger partial charge >= 0.3 is 6.09 Å². The Morgan fingerprint density at radius 3 is 2.60 bits per heavy atom. The van der Waals surface area contributed by atoms with Gasteiger partial charge in [0.25, 0.3) is 0 Å². The highest BCUT2D eigenvalue weighted by molar-refractivity contribution is 6.76. The molecule has 2 aliphatic heterocycles. The standard InChI is InChI=1S/C33H49N7O4Si/c1-24(27-9-8-10-28(37-27)38-13-15-39(16-14-38)32(41)44-33(2,3)4)36-30-29-26(25-11-17-42-18-12-25)21-40(31(29)35-22-34-30)23-43-19-20-45(5,6)7/h8-11,21-22,24H,12-20,23H2,1-7H3,(H,34,35,36). The predicted molar refractivity (Wildman–Crippen MR) is 181 cm³/mol. The SMILES string of the molecule is CC(Nc1ncnc2c1c(C1=CCOCC1)cn2COCC[Si](C)(C)C)c1cccc(N2CCN(C(=O)OC(C)(C)C)CC2)n1. The van der Waals surface area contributed by atoms with Crippen molar-refractivity contribution in [3.63, 3.8) is 0 Å². The zero-order valence-corrected chi connectivity index (χ0v) is 28.9. The molecule has 3 aromatic heterocycles. The number of nitrogens with one attached hydrogen (secondary N) is 1. The van der Waals surface area contributed by atoms with E-state index in [0.717, 1.165) is 53.0 Å². The molecule has 0 aromatic carbocycles. The van der Waals surface area contributed by atoms with Gasteiger partial charge in [-0.3, -0.25) is 0 Å². The number of hydrogen-bond acceptors (Lipinski definition) is 9. The summed E-state index contributed by atoms with van der Waals surface area (Å²) in [5.41, 5.74) is 3.61. The lowest BCUT2D eigenvalue weighted by molar-refractivity contribution is 0.0240. The van der Waals surface area contributed by atoms with Crippen molar-refractivity contribution < 1.29 is 19.0 Å². The fourth-order valence-corrected chi connectivity index (χ4v) is 6.23. The maximum atomic E-state index is 12.5. The van der Waals surface area contributed by atoms with Crippen molar-refractivity contribution in [3.8, 4) is 0 Å². The highest BCUT2D eigenvalue weighted by Crippen LogP contribution is 2.35. The van der Waals surface area contributed by atoms with E-state index in [2.05, 4.69) is 53.6 Å². The fourth-order valence-electron chi connectivity index (χ4n) is 5.47. The Morgan fingerprint density at radius 1 is 1.13 bits per heavy atom. The van der Waals surface area contributed by atoms with Gasteiger partial charge in [0.15, 0.2) is 0 Å². The molecule has 1 atom stereocenters. The van der Waals surface area contributed by atoms with Crippen LogP contribution in [0.3, 0.4) is 0 Å². The maximum absolute atomic E-state index is 12.5. The van der Waals surface area contributed by atoms with Gasteiger partial charge in [-0.05, 0) is 57.9 Å². The summed E-state index contributed by atoms with van der Waals surface area (Å²) in [6.07, 6.45) is 6.50. The van der Waals surface area contributed by atoms with Crippen LogP contribution in [0.4, 0.5) is 16.4 Å². The molecule has 0 radical (unpaired) electrons. The number of pyridine rings is 1. The number of amides is 1. The summed E-state index contributed by atoms with van der Waals surface area (Å²) in [6, 6.07) is 7.11. The summed E-state index contributed by atoms with van der Waals surface area (Å²) < 4.78 is 19.4. The third kappa shape index (κ3) is 8.62. The van der Waals surface area contributed by atoms with Gasteiger partial charge in [0.2, 0.25) is 0 Å². The van der Waals surface area contributed by atoms with Crippen molar-refractivity contribution >= 4 is 42.4 Å². The molecule has 244 valence electrons. The van der Waals surface area contributed by atoms with Crippen molar-refractivity contribution in [3.05, 3.63) is 48.1 Å². The van der Waals surface area contributed by atoms with Crippen LogP contribution >= 0.6 is 0 Å². The van der Waals surface area contributed by atoms with Crippen LogP contribution in [0.15, 0.2) is 36.8 Å². The second kappa shape index (κ2) is 13.9. The molecule has 45 heavy (non-hydrogen) atoms. The molecular formula is C33H49N7O4Si. The summed E-state index contributed by atoms with van der Waals surface area (Å²) in [7, 11) is -1.18. The summed E-state index contributed by atoms with van der Waals surface area (Å²) in [5, 5.41) is 4.63. The molecule has 0 aliphatic carbocycles. The predicted octanol–water partition coefficient (Wildman–Crippen LogP) is 6.17. The number of carbonyl (C=O) groups is 1. The number of nitrogens with zero attached hydrogens (tertiary/aromatic N) is 6. The van der Waals surface area contributed by atoms with Gasteiger partial charge in [-0.25, -0.2) is 19.7 Å². The number of carbonyl (C=O) groups excluding carboxylic acids is 1. The van der Waals surface area contributed by atoms with Gasteiger partial charge in [-0.2, -0.15) is 0 Å². The van der Waals surface area contributed by atoms with Crippen molar-refractivity contribution in [2.24, 2.45) is 0 Å². The Labute approximate surface area is 268 Å². The topological polar surface area (TPSA) is 107 Å². The highest BCUT2D eigenvalue weighted by atomic mass is 28.3. The van der Waals surface area contributed by atoms with E-state index in [4.69, 9.17) is 29.2 Å². The van der Waals surface area contributed by atoms with Crippen LogP contribution in [0.2, 0.25) is 25.7 Å². The molecule has 5 heterocycles. The number of aromatic nitrogens is 4. The highest BCUT2D eigenvalue weighted by Gasteiger charge is 2.27. The van der Waals surface area contributed by atoms with Crippen molar-refractivity contribution in [1.82, 2.24) is 24.4 Å². The van der Waals surface area contributed by atoms with Crippen LogP contribution < -0.4 is 10.2 Å². The Kier molecular flexibility index (Phi) is 10.1. The molecular weight excluding hydrogens is 586 g/mol. The van der Waals surface area contributed by atoms with Crippen LogP contribution in [0.5, 0.6) is 0 Å². The Bertz CT molecular complexity index is 1500. The molecule has 1 N–H and O–H groups in total. The van der Waals surface area contributed by atoms with E-state index in [-0.39, 0.29) is 12.1 Å². The summed E-state index contributed by atoms with van der Waals surface area (Å²) >= 11 is 0. The molecule has 2 aliphatic rings. The Morgan fingerprint density at radius 2 is 1.91 bits per heavy atom. The van der Waals surface area contributed by atoms with Gasteiger partial charge in [0, 0.05) is 52.6 Å². The molecule has 0 saturated carbocycles. The van der Waals surface area contributed by atoms with Crippen LogP contribution in [-0.4, -0.2) is 90.2 Å². The smallest absolute Gasteiger partial charge is 0.410 e. The van der Waals surface area contributed by atoms with Crippen LogP contribution in [0.1, 0.15) is 51.4 Å². The second-order valence-electron chi connectivity index (χ2n) is 14.1. The number of fused-ring (bicyclic) bond motifs is 1. The minimum absolute atomic E-state index is 0.112. The molecule has 12 heteroatoms. The molecule has 3 aromatic rings. The van der Waals surface area contributed by atoms with Gasteiger partial charge in [-0.1, -0.05) is 31.8 Å². The third-order valence-corrected chi connectivity index (χ3v) is 9.70. The Balaban J connectivity index is 1.33. The average Bonchev–Trinajstić information content (AvgIpc) is 3.38. The fraction of sp³-hybridized carbons (Fsp3) is 0.576. The van der Waals surface area contributed by atoms with E-state index in [1.165, 1.54) is 5.57 Å². The second-order valence-corrected chi connectivity index (χ2v) is 19.7. The van der Waals surface area contributed by atoms with Crippen LogP contribution in [0, 0.1) is 0 Å². The monoisotopic (exact) mass is 635 g/mol. The Hall–Kier alpha value is -3.48. The summed E-state index contributed by atoms with van der Waals surface area (Å²) in [4.78, 5) is 31.0. The van der Waals surface area contributed by atoms with Gasteiger partial charge in [0.05, 0.1) is 30.3 Å². The van der Waals surface area contributed by atoms with Crippen molar-refractivity contribution in [1.29, 1.82) is 0 Å². The number of rotatable bonds is 10. The number of ether oxygens (including phenoxy) is 3. The first kappa shape index (κ1) is 32.9. The molecule has 1 amide bonds. The number of anilines is 2. The molecule has 0 bridgehead atoms. The lowest BCUT2D eigenvalue weighted by Crippen LogP contribution is -2.50. The van der Waals surface area contributed by atoms with Gasteiger partial charge in [-0.15, -0.1) is 0 Å². The van der Waals surface area contributed by atoms with Gasteiger partial charge < -0.3 is 33.9 Å². The average molecular weight is 636 g/mol.